The molecule has 2 atom stereocenters. The normalized spacial score (nSPS) is 25.4. The summed E-state index contributed by atoms with van der Waals surface area (Å²) in [5.41, 5.74) is 0.342. The van der Waals surface area contributed by atoms with Crippen LogP contribution in [0.4, 0.5) is 0 Å². The van der Waals surface area contributed by atoms with E-state index in [0.29, 0.717) is 36.2 Å². The molecule has 0 aromatic heterocycles. The van der Waals surface area contributed by atoms with Gasteiger partial charge in [-0.25, -0.2) is 0 Å². The van der Waals surface area contributed by atoms with Crippen molar-refractivity contribution in [3.05, 3.63) is 0 Å². The molecule has 4 fully saturated rings. The zero-order valence-electron chi connectivity index (χ0n) is 34.3. The Hall–Kier alpha value is -0.900. The second-order valence-electron chi connectivity index (χ2n) is 15.9. The number of piperidine rings is 2. The molecular weight excluding hydrogens is 596 g/mol. The van der Waals surface area contributed by atoms with Crippen molar-refractivity contribution in [2.45, 2.75) is 120 Å². The first kappa shape index (κ1) is 45.1. The maximum absolute atomic E-state index is 11.9. The number of hydrogen-bond donors (Lipinski definition) is 0. The van der Waals surface area contributed by atoms with E-state index in [1.165, 1.54) is 71.5 Å². The zero-order valence-corrected chi connectivity index (χ0v) is 34.3. The summed E-state index contributed by atoms with van der Waals surface area (Å²) in [5, 5.41) is 0. The van der Waals surface area contributed by atoms with Crippen molar-refractivity contribution in [2.24, 2.45) is 23.7 Å². The van der Waals surface area contributed by atoms with E-state index in [0.717, 1.165) is 51.1 Å². The molecule has 0 aliphatic carbocycles. The van der Waals surface area contributed by atoms with Crippen molar-refractivity contribution >= 4 is 11.6 Å². The van der Waals surface area contributed by atoms with Gasteiger partial charge in [-0.05, 0) is 91.5 Å². The van der Waals surface area contributed by atoms with Gasteiger partial charge in [-0.1, -0.05) is 62.3 Å². The number of carbonyl (C=O) groups is 2. The van der Waals surface area contributed by atoms with Gasteiger partial charge >= 0.3 is 0 Å². The van der Waals surface area contributed by atoms with Crippen molar-refractivity contribution in [1.82, 2.24) is 29.4 Å². The predicted molar refractivity (Wildman–Crippen MR) is 207 cm³/mol. The van der Waals surface area contributed by atoms with Crippen LogP contribution in [-0.2, 0) is 9.59 Å². The second kappa shape index (κ2) is 23.6. The van der Waals surface area contributed by atoms with E-state index >= 15 is 0 Å². The summed E-state index contributed by atoms with van der Waals surface area (Å²) >= 11 is 0. The molecule has 4 aliphatic rings. The minimum atomic E-state index is 0.166. The highest BCUT2D eigenvalue weighted by molar-refractivity contribution is 5.82. The molecule has 284 valence electrons. The summed E-state index contributed by atoms with van der Waals surface area (Å²) in [7, 11) is 2.25. The first-order valence-electron chi connectivity index (χ1n) is 20.2. The molecule has 4 rings (SSSR count). The quantitative estimate of drug-likeness (QED) is 0.266. The molecule has 0 amide bonds. The van der Waals surface area contributed by atoms with Gasteiger partial charge < -0.3 is 14.7 Å². The van der Waals surface area contributed by atoms with E-state index in [-0.39, 0.29) is 11.8 Å². The largest absolute Gasteiger partial charge is 0.301 e. The van der Waals surface area contributed by atoms with Crippen molar-refractivity contribution in [1.29, 1.82) is 0 Å². The summed E-state index contributed by atoms with van der Waals surface area (Å²) in [6.07, 6.45) is 5.14. The monoisotopic (exact) mass is 679 g/mol. The van der Waals surface area contributed by atoms with Crippen LogP contribution in [0, 0.1) is 23.7 Å². The molecule has 8 heteroatoms. The van der Waals surface area contributed by atoms with Crippen LogP contribution >= 0.6 is 0 Å². The lowest BCUT2D eigenvalue weighted by Gasteiger charge is -2.45. The highest BCUT2D eigenvalue weighted by atomic mass is 16.1. The third-order valence-electron chi connectivity index (χ3n) is 11.2. The topological polar surface area (TPSA) is 53.6 Å². The lowest BCUT2D eigenvalue weighted by molar-refractivity contribution is -0.124. The van der Waals surface area contributed by atoms with Gasteiger partial charge in [0.15, 0.2) is 0 Å². The number of piperazine rings is 2. The van der Waals surface area contributed by atoms with Gasteiger partial charge in [-0.15, -0.1) is 0 Å². The Morgan fingerprint density at radius 3 is 1.54 bits per heavy atom. The van der Waals surface area contributed by atoms with Crippen LogP contribution in [0.1, 0.15) is 109 Å². The van der Waals surface area contributed by atoms with Crippen LogP contribution in [0.5, 0.6) is 0 Å². The van der Waals surface area contributed by atoms with E-state index < -0.39 is 0 Å². The van der Waals surface area contributed by atoms with Crippen molar-refractivity contribution in [3.8, 4) is 0 Å². The second-order valence-corrected chi connectivity index (χ2v) is 15.9. The van der Waals surface area contributed by atoms with Gasteiger partial charge in [-0.3, -0.25) is 24.3 Å². The van der Waals surface area contributed by atoms with E-state index in [1.807, 2.05) is 55.4 Å². The van der Waals surface area contributed by atoms with Gasteiger partial charge in [0, 0.05) is 82.3 Å². The number of likely N-dealkylation sites (N-methyl/N-ethyl adjacent to an activating group) is 1. The number of carbonyl (C=O) groups excluding carboxylic acids is 2. The van der Waals surface area contributed by atoms with Crippen LogP contribution in [0.25, 0.3) is 0 Å². The minimum Gasteiger partial charge on any atom is -0.301 e. The molecular formula is C40H82N6O2. The molecule has 0 radical (unpaired) electrons. The van der Waals surface area contributed by atoms with Crippen LogP contribution in [0.3, 0.4) is 0 Å². The third-order valence-corrected chi connectivity index (χ3v) is 11.2. The van der Waals surface area contributed by atoms with E-state index in [2.05, 4.69) is 64.1 Å². The highest BCUT2D eigenvalue weighted by Crippen LogP contribution is 2.31. The Balaban J connectivity index is 0.000000435. The number of nitrogens with zero attached hydrogens (tertiary/aromatic N) is 6. The van der Waals surface area contributed by atoms with E-state index in [4.69, 9.17) is 0 Å². The molecule has 0 aromatic carbocycles. The van der Waals surface area contributed by atoms with Gasteiger partial charge in [0.05, 0.1) is 13.1 Å². The SMILES string of the molecule is CC.CC.CC(C)C(=O)CN1CCN(CC2CCN(C)C(C)(C)C2)CC1.CCN1CCN(CC2CCN(CC(=O)C(C)C)CC2)CC1C. The Morgan fingerprint density at radius 1 is 0.646 bits per heavy atom. The van der Waals surface area contributed by atoms with Gasteiger partial charge in [-0.2, -0.15) is 0 Å². The maximum Gasteiger partial charge on any atom is 0.149 e. The van der Waals surface area contributed by atoms with Crippen LogP contribution < -0.4 is 0 Å². The Kier molecular flexibility index (Phi) is 22.1. The third kappa shape index (κ3) is 16.0. The molecule has 0 aromatic rings. The van der Waals surface area contributed by atoms with Gasteiger partial charge in [0.2, 0.25) is 0 Å². The number of ketones is 2. The average molecular weight is 679 g/mol. The number of rotatable bonds is 11. The lowest BCUT2D eigenvalue weighted by Crippen LogP contribution is -2.53. The number of hydrogen-bond acceptors (Lipinski definition) is 8. The minimum absolute atomic E-state index is 0.166. The summed E-state index contributed by atoms with van der Waals surface area (Å²) in [5.74, 6) is 2.77. The molecule has 2 unspecified atom stereocenters. The first-order valence-corrected chi connectivity index (χ1v) is 20.2. The van der Waals surface area contributed by atoms with E-state index in [1.54, 1.807) is 0 Å². The summed E-state index contributed by atoms with van der Waals surface area (Å²) < 4.78 is 0. The number of likely N-dealkylation sites (tertiary alicyclic amines) is 2. The van der Waals surface area contributed by atoms with Gasteiger partial charge in [0.1, 0.15) is 11.6 Å². The molecule has 4 aliphatic heterocycles. The zero-order chi connectivity index (χ0) is 36.4. The predicted octanol–water partition coefficient (Wildman–Crippen LogP) is 5.95. The number of Topliss-reactive ketones (excluding diaryl/α,β-unsaturated/α-hetero) is 2. The smallest absolute Gasteiger partial charge is 0.149 e. The molecule has 4 saturated heterocycles. The van der Waals surface area contributed by atoms with Crippen LogP contribution in [0.15, 0.2) is 0 Å². The summed E-state index contributed by atoms with van der Waals surface area (Å²) in [6.45, 7) is 41.8. The molecule has 48 heavy (non-hydrogen) atoms. The van der Waals surface area contributed by atoms with Crippen LogP contribution in [0.2, 0.25) is 0 Å². The molecule has 8 nitrogen and oxygen atoms in total. The lowest BCUT2D eigenvalue weighted by atomic mass is 9.83. The van der Waals surface area contributed by atoms with Crippen molar-refractivity contribution < 1.29 is 9.59 Å². The summed E-state index contributed by atoms with van der Waals surface area (Å²) in [6, 6.07) is 0.697. The standard InChI is InChI=1S/2C18H35N3O.2C2H6/c1-15(2)17(22)14-21-10-8-20(9-11-21)13-16-6-7-19(5)18(3,4)12-16;1-5-21-11-10-20(12-16(21)4)13-17-6-8-19(9-7-17)14-18(22)15(2)3;2*1-2/h15-16H,6-14H2,1-5H3;15-17H,5-14H2,1-4H3;2*1-2H3. The molecule has 0 bridgehead atoms. The Labute approximate surface area is 299 Å². The molecule has 4 heterocycles. The van der Waals surface area contributed by atoms with Crippen LogP contribution in [-0.4, -0.2) is 158 Å². The molecule has 0 saturated carbocycles. The van der Waals surface area contributed by atoms with Gasteiger partial charge in [0.25, 0.3) is 0 Å². The average Bonchev–Trinajstić information content (AvgIpc) is 3.06. The molecule has 0 N–H and O–H groups in total. The molecule has 0 spiro atoms. The highest BCUT2D eigenvalue weighted by Gasteiger charge is 2.33. The fourth-order valence-corrected chi connectivity index (χ4v) is 7.50. The fraction of sp³-hybridized carbons (Fsp3) is 0.950. The summed E-state index contributed by atoms with van der Waals surface area (Å²) in [4.78, 5) is 38.7. The van der Waals surface area contributed by atoms with Crippen molar-refractivity contribution in [2.75, 3.05) is 105 Å². The fourth-order valence-electron chi connectivity index (χ4n) is 7.50. The van der Waals surface area contributed by atoms with Crippen molar-refractivity contribution in [3.63, 3.8) is 0 Å². The Bertz CT molecular complexity index is 862. The Morgan fingerprint density at radius 2 is 1.08 bits per heavy atom. The van der Waals surface area contributed by atoms with E-state index in [9.17, 15) is 9.59 Å². The maximum atomic E-state index is 11.9. The first-order chi connectivity index (χ1) is 22.8.